The van der Waals surface area contributed by atoms with Crippen LogP contribution in [0.25, 0.3) is 0 Å². The van der Waals surface area contributed by atoms with Crippen LogP contribution in [0.3, 0.4) is 0 Å². The molecule has 0 unspecified atom stereocenters. The van der Waals surface area contributed by atoms with E-state index in [1.807, 2.05) is 25.1 Å². The summed E-state index contributed by atoms with van der Waals surface area (Å²) in [5.41, 5.74) is 6.54. The molecule has 0 atom stereocenters. The van der Waals surface area contributed by atoms with Crippen molar-refractivity contribution >= 4 is 33.5 Å². The zero-order valence-electron chi connectivity index (χ0n) is 8.95. The Balaban J connectivity index is 2.28. The number of hydrogen-bond donors (Lipinski definition) is 1. The third kappa shape index (κ3) is 3.08. The minimum absolute atomic E-state index is 0.0846. The fourth-order valence-corrected chi connectivity index (χ4v) is 1.69. The fourth-order valence-electron chi connectivity index (χ4n) is 1.27. The summed E-state index contributed by atoms with van der Waals surface area (Å²) in [5.74, 6) is 1.07. The smallest absolute Gasteiger partial charge is 0.225 e. The van der Waals surface area contributed by atoms with Crippen LogP contribution in [0.4, 0.5) is 5.95 Å². The molecule has 0 bridgehead atoms. The van der Waals surface area contributed by atoms with E-state index < -0.39 is 0 Å². The standard InChI is InChI=1S/C11H9BrClN3O/c1-6-4-7(2-3-8(6)12)17-10-5-9(13)15-11(14)16-10/h2-5H,1H3,(H2,14,15,16). The number of nitrogens with two attached hydrogens (primary N) is 1. The number of nitrogens with zero attached hydrogens (tertiary/aromatic N) is 2. The first-order valence-corrected chi connectivity index (χ1v) is 5.96. The van der Waals surface area contributed by atoms with Gasteiger partial charge in [0.15, 0.2) is 0 Å². The van der Waals surface area contributed by atoms with Crippen molar-refractivity contribution in [2.75, 3.05) is 5.73 Å². The first-order valence-electron chi connectivity index (χ1n) is 4.78. The molecule has 2 rings (SSSR count). The van der Waals surface area contributed by atoms with E-state index in [4.69, 9.17) is 22.1 Å². The topological polar surface area (TPSA) is 61.0 Å². The number of aromatic nitrogens is 2. The zero-order valence-corrected chi connectivity index (χ0v) is 11.3. The van der Waals surface area contributed by atoms with E-state index in [-0.39, 0.29) is 11.1 Å². The maximum absolute atomic E-state index is 5.75. The van der Waals surface area contributed by atoms with Gasteiger partial charge < -0.3 is 10.5 Å². The normalized spacial score (nSPS) is 10.3. The van der Waals surface area contributed by atoms with Gasteiger partial charge in [-0.1, -0.05) is 27.5 Å². The Bertz CT molecular complexity index is 542. The Morgan fingerprint density at radius 2 is 2.06 bits per heavy atom. The Morgan fingerprint density at radius 3 is 2.71 bits per heavy atom. The lowest BCUT2D eigenvalue weighted by molar-refractivity contribution is 0.462. The van der Waals surface area contributed by atoms with E-state index in [2.05, 4.69) is 25.9 Å². The number of aryl methyl sites for hydroxylation is 1. The highest BCUT2D eigenvalue weighted by atomic mass is 79.9. The van der Waals surface area contributed by atoms with Crippen LogP contribution in [-0.4, -0.2) is 9.97 Å². The number of halogens is 2. The molecule has 0 aliphatic rings. The van der Waals surface area contributed by atoms with Gasteiger partial charge in [-0.05, 0) is 30.7 Å². The average molecular weight is 315 g/mol. The maximum Gasteiger partial charge on any atom is 0.225 e. The molecule has 1 aromatic heterocycles. The van der Waals surface area contributed by atoms with E-state index in [0.29, 0.717) is 11.6 Å². The molecule has 0 aliphatic heterocycles. The van der Waals surface area contributed by atoms with Gasteiger partial charge >= 0.3 is 0 Å². The third-order valence-corrected chi connectivity index (χ3v) is 3.12. The van der Waals surface area contributed by atoms with Gasteiger partial charge in [-0.2, -0.15) is 4.98 Å². The largest absolute Gasteiger partial charge is 0.439 e. The predicted octanol–water partition coefficient (Wildman–Crippen LogP) is 3.58. The van der Waals surface area contributed by atoms with Gasteiger partial charge in [0.2, 0.25) is 11.8 Å². The first-order chi connectivity index (χ1) is 8.04. The van der Waals surface area contributed by atoms with E-state index in [1.165, 1.54) is 6.07 Å². The summed E-state index contributed by atoms with van der Waals surface area (Å²) in [6.07, 6.45) is 0. The summed E-state index contributed by atoms with van der Waals surface area (Å²) >= 11 is 9.17. The molecule has 0 saturated heterocycles. The molecule has 88 valence electrons. The Hall–Kier alpha value is -1.33. The van der Waals surface area contributed by atoms with Gasteiger partial charge in [0.05, 0.1) is 0 Å². The second kappa shape index (κ2) is 4.89. The van der Waals surface area contributed by atoms with Gasteiger partial charge in [0.1, 0.15) is 10.9 Å². The predicted molar refractivity (Wildman–Crippen MR) is 70.4 cm³/mol. The number of ether oxygens (including phenoxy) is 1. The molecule has 0 amide bonds. The SMILES string of the molecule is Cc1cc(Oc2cc(Cl)nc(N)n2)ccc1Br. The van der Waals surface area contributed by atoms with Gasteiger partial charge in [0, 0.05) is 10.5 Å². The summed E-state index contributed by atoms with van der Waals surface area (Å²) < 4.78 is 6.56. The van der Waals surface area contributed by atoms with Gasteiger partial charge in [0.25, 0.3) is 0 Å². The van der Waals surface area contributed by atoms with Crippen molar-refractivity contribution in [2.24, 2.45) is 0 Å². The molecular weight excluding hydrogens is 305 g/mol. The number of rotatable bonds is 2. The summed E-state index contributed by atoms with van der Waals surface area (Å²) in [7, 11) is 0. The van der Waals surface area contributed by atoms with Crippen molar-refractivity contribution in [2.45, 2.75) is 6.92 Å². The molecule has 1 aromatic carbocycles. The van der Waals surface area contributed by atoms with E-state index in [0.717, 1.165) is 10.0 Å². The molecule has 17 heavy (non-hydrogen) atoms. The lowest BCUT2D eigenvalue weighted by Gasteiger charge is -2.07. The highest BCUT2D eigenvalue weighted by molar-refractivity contribution is 9.10. The van der Waals surface area contributed by atoms with Crippen LogP contribution >= 0.6 is 27.5 Å². The van der Waals surface area contributed by atoms with Gasteiger partial charge in [-0.25, -0.2) is 4.98 Å². The van der Waals surface area contributed by atoms with Crippen LogP contribution in [0, 0.1) is 6.92 Å². The van der Waals surface area contributed by atoms with Crippen molar-refractivity contribution in [3.8, 4) is 11.6 Å². The van der Waals surface area contributed by atoms with E-state index in [9.17, 15) is 0 Å². The molecule has 1 heterocycles. The van der Waals surface area contributed by atoms with Crippen LogP contribution in [0.15, 0.2) is 28.7 Å². The number of nitrogen functional groups attached to an aromatic ring is 1. The first kappa shape index (κ1) is 12.1. The Morgan fingerprint density at radius 1 is 1.29 bits per heavy atom. The molecule has 0 spiro atoms. The second-order valence-electron chi connectivity index (χ2n) is 3.40. The Kier molecular flexibility index (Phi) is 3.49. The van der Waals surface area contributed by atoms with Crippen molar-refractivity contribution in [1.82, 2.24) is 9.97 Å². The fraction of sp³-hybridized carbons (Fsp3) is 0.0909. The minimum atomic E-state index is 0.0846. The van der Waals surface area contributed by atoms with Gasteiger partial charge in [-0.15, -0.1) is 0 Å². The van der Waals surface area contributed by atoms with Crippen molar-refractivity contribution in [3.05, 3.63) is 39.5 Å². The van der Waals surface area contributed by atoms with Crippen molar-refractivity contribution < 1.29 is 4.74 Å². The number of anilines is 1. The molecule has 2 aromatic rings. The molecule has 0 saturated carbocycles. The molecule has 0 radical (unpaired) electrons. The zero-order chi connectivity index (χ0) is 12.4. The molecule has 0 fully saturated rings. The van der Waals surface area contributed by atoms with Crippen molar-refractivity contribution in [1.29, 1.82) is 0 Å². The van der Waals surface area contributed by atoms with Crippen LogP contribution in [0.2, 0.25) is 5.15 Å². The number of hydrogen-bond acceptors (Lipinski definition) is 4. The highest BCUT2D eigenvalue weighted by Crippen LogP contribution is 2.26. The Labute approximate surface area is 112 Å². The van der Waals surface area contributed by atoms with E-state index >= 15 is 0 Å². The van der Waals surface area contributed by atoms with Crippen LogP contribution < -0.4 is 10.5 Å². The maximum atomic E-state index is 5.75. The quantitative estimate of drug-likeness (QED) is 0.861. The lowest BCUT2D eigenvalue weighted by atomic mass is 10.2. The summed E-state index contributed by atoms with van der Waals surface area (Å²) in [5, 5.41) is 0.251. The summed E-state index contributed by atoms with van der Waals surface area (Å²) in [6.45, 7) is 1.97. The highest BCUT2D eigenvalue weighted by Gasteiger charge is 2.04. The molecule has 6 heteroatoms. The van der Waals surface area contributed by atoms with Crippen LogP contribution in [-0.2, 0) is 0 Å². The summed E-state index contributed by atoms with van der Waals surface area (Å²) in [6, 6.07) is 7.12. The monoisotopic (exact) mass is 313 g/mol. The van der Waals surface area contributed by atoms with Crippen molar-refractivity contribution in [3.63, 3.8) is 0 Å². The summed E-state index contributed by atoms with van der Waals surface area (Å²) in [4.78, 5) is 7.68. The van der Waals surface area contributed by atoms with E-state index in [1.54, 1.807) is 0 Å². The average Bonchev–Trinajstić information content (AvgIpc) is 2.22. The minimum Gasteiger partial charge on any atom is -0.439 e. The third-order valence-electron chi connectivity index (χ3n) is 2.04. The molecule has 2 N–H and O–H groups in total. The number of benzene rings is 1. The second-order valence-corrected chi connectivity index (χ2v) is 4.64. The molecule has 0 aliphatic carbocycles. The van der Waals surface area contributed by atoms with Crippen LogP contribution in [0.1, 0.15) is 5.56 Å². The van der Waals surface area contributed by atoms with Crippen LogP contribution in [0.5, 0.6) is 11.6 Å². The lowest BCUT2D eigenvalue weighted by Crippen LogP contribution is -1.97. The molecule has 4 nitrogen and oxygen atoms in total. The molecular formula is C11H9BrClN3O. The van der Waals surface area contributed by atoms with Gasteiger partial charge in [-0.3, -0.25) is 0 Å².